The van der Waals surface area contributed by atoms with Crippen molar-refractivity contribution >= 4 is 16.7 Å². The van der Waals surface area contributed by atoms with E-state index in [-0.39, 0.29) is 0 Å². The normalized spacial score (nSPS) is 10.8. The highest BCUT2D eigenvalue weighted by molar-refractivity contribution is 5.88. The smallest absolute Gasteiger partial charge is 0.137 e. The molecule has 1 aromatic carbocycles. The summed E-state index contributed by atoms with van der Waals surface area (Å²) in [5.41, 5.74) is 4.23. The van der Waals surface area contributed by atoms with Crippen LogP contribution in [0.5, 0.6) is 0 Å². The second-order valence-electron chi connectivity index (χ2n) is 4.51. The first kappa shape index (κ1) is 11.6. The van der Waals surface area contributed by atoms with Crippen molar-refractivity contribution in [2.24, 2.45) is 0 Å². The summed E-state index contributed by atoms with van der Waals surface area (Å²) in [5.74, 6) is 0.852. The van der Waals surface area contributed by atoms with Crippen molar-refractivity contribution in [1.82, 2.24) is 20.2 Å². The molecule has 5 heteroatoms. The molecule has 0 aliphatic rings. The lowest BCUT2D eigenvalue weighted by Gasteiger charge is -2.08. The summed E-state index contributed by atoms with van der Waals surface area (Å²) < 4.78 is 0. The lowest BCUT2D eigenvalue weighted by Crippen LogP contribution is -2.04. The van der Waals surface area contributed by atoms with E-state index in [1.807, 2.05) is 38.1 Å². The molecule has 0 atom stereocenters. The Morgan fingerprint density at radius 1 is 1.16 bits per heavy atom. The molecule has 2 aromatic heterocycles. The minimum absolute atomic E-state index is 0.704. The summed E-state index contributed by atoms with van der Waals surface area (Å²) in [6.07, 6.45) is 1.58. The Balaban J connectivity index is 1.90. The quantitative estimate of drug-likeness (QED) is 0.753. The van der Waals surface area contributed by atoms with E-state index < -0.39 is 0 Å². The molecule has 3 rings (SSSR count). The van der Waals surface area contributed by atoms with E-state index in [0.29, 0.717) is 6.54 Å². The molecule has 19 heavy (non-hydrogen) atoms. The number of fused-ring (bicyclic) bond motifs is 1. The van der Waals surface area contributed by atoms with Crippen LogP contribution in [0.1, 0.15) is 17.0 Å². The number of aromatic nitrogens is 4. The van der Waals surface area contributed by atoms with Crippen molar-refractivity contribution in [2.45, 2.75) is 20.4 Å². The fourth-order valence-electron chi connectivity index (χ4n) is 2.15. The molecule has 0 aliphatic carbocycles. The summed E-state index contributed by atoms with van der Waals surface area (Å²) in [4.78, 5) is 8.57. The maximum Gasteiger partial charge on any atom is 0.137 e. The Hall–Kier alpha value is -2.43. The number of benzene rings is 1. The van der Waals surface area contributed by atoms with Gasteiger partial charge in [-0.15, -0.1) is 0 Å². The zero-order valence-corrected chi connectivity index (χ0v) is 10.9. The molecule has 0 aliphatic heterocycles. The van der Waals surface area contributed by atoms with Gasteiger partial charge >= 0.3 is 0 Å². The largest absolute Gasteiger partial charge is 0.365 e. The van der Waals surface area contributed by atoms with Gasteiger partial charge in [0.2, 0.25) is 0 Å². The van der Waals surface area contributed by atoms with E-state index in [2.05, 4.69) is 25.5 Å². The third-order valence-corrected chi connectivity index (χ3v) is 3.26. The highest BCUT2D eigenvalue weighted by atomic mass is 15.1. The van der Waals surface area contributed by atoms with E-state index in [4.69, 9.17) is 0 Å². The van der Waals surface area contributed by atoms with Gasteiger partial charge in [-0.1, -0.05) is 12.1 Å². The van der Waals surface area contributed by atoms with E-state index in [9.17, 15) is 0 Å². The van der Waals surface area contributed by atoms with E-state index >= 15 is 0 Å². The topological polar surface area (TPSA) is 66.5 Å². The molecule has 96 valence electrons. The number of para-hydroxylation sites is 1. The third-order valence-electron chi connectivity index (χ3n) is 3.26. The first-order valence-electron chi connectivity index (χ1n) is 6.20. The second-order valence-corrected chi connectivity index (χ2v) is 4.51. The van der Waals surface area contributed by atoms with Crippen molar-refractivity contribution in [1.29, 1.82) is 0 Å². The number of aromatic amines is 1. The van der Waals surface area contributed by atoms with Crippen LogP contribution < -0.4 is 5.32 Å². The fourth-order valence-corrected chi connectivity index (χ4v) is 2.15. The van der Waals surface area contributed by atoms with Crippen molar-refractivity contribution < 1.29 is 0 Å². The molecule has 0 amide bonds. The van der Waals surface area contributed by atoms with Crippen molar-refractivity contribution in [2.75, 3.05) is 5.32 Å². The summed E-state index contributed by atoms with van der Waals surface area (Å²) in [7, 11) is 0. The van der Waals surface area contributed by atoms with Gasteiger partial charge in [0.25, 0.3) is 0 Å². The Kier molecular flexibility index (Phi) is 2.87. The van der Waals surface area contributed by atoms with Crippen LogP contribution >= 0.6 is 0 Å². The van der Waals surface area contributed by atoms with E-state index in [1.165, 1.54) is 5.56 Å². The van der Waals surface area contributed by atoms with Crippen LogP contribution in [0.2, 0.25) is 0 Å². The highest BCUT2D eigenvalue weighted by Gasteiger charge is 2.07. The minimum Gasteiger partial charge on any atom is -0.365 e. The fraction of sp³-hybridized carbons (Fsp3) is 0.214. The first-order chi connectivity index (χ1) is 9.25. The maximum atomic E-state index is 4.31. The second kappa shape index (κ2) is 4.68. The average Bonchev–Trinajstić information content (AvgIpc) is 2.76. The number of hydrogen-bond acceptors (Lipinski definition) is 4. The number of anilines is 1. The molecule has 0 fully saturated rings. The molecule has 2 N–H and O–H groups in total. The van der Waals surface area contributed by atoms with Gasteiger partial charge in [-0.3, -0.25) is 5.10 Å². The zero-order valence-electron chi connectivity index (χ0n) is 10.9. The standard InChI is InChI=1S/C14H15N5/c1-9-12(10(2)19-18-9)7-15-14-11-5-3-4-6-13(11)16-8-17-14/h3-6,8H,7H2,1-2H3,(H,18,19)(H,15,16,17). The Bertz CT molecular complexity index is 692. The lowest BCUT2D eigenvalue weighted by atomic mass is 10.2. The number of aryl methyl sites for hydroxylation is 2. The van der Waals surface area contributed by atoms with E-state index in [0.717, 1.165) is 28.1 Å². The molecule has 0 spiro atoms. The molecule has 3 aromatic rings. The zero-order chi connectivity index (χ0) is 13.2. The van der Waals surface area contributed by atoms with Gasteiger partial charge in [0.15, 0.2) is 0 Å². The van der Waals surface area contributed by atoms with Crippen LogP contribution in [0.15, 0.2) is 30.6 Å². The van der Waals surface area contributed by atoms with Gasteiger partial charge in [0.1, 0.15) is 12.1 Å². The maximum absolute atomic E-state index is 4.31. The minimum atomic E-state index is 0.704. The molecule has 0 bridgehead atoms. The molecule has 5 nitrogen and oxygen atoms in total. The van der Waals surface area contributed by atoms with Crippen LogP contribution in [-0.2, 0) is 6.54 Å². The molecule has 2 heterocycles. The highest BCUT2D eigenvalue weighted by Crippen LogP contribution is 2.19. The van der Waals surface area contributed by atoms with E-state index in [1.54, 1.807) is 6.33 Å². The van der Waals surface area contributed by atoms with Crippen LogP contribution in [-0.4, -0.2) is 20.2 Å². The SMILES string of the molecule is Cc1n[nH]c(C)c1CNc1ncnc2ccccc12. The number of hydrogen-bond donors (Lipinski definition) is 2. The third kappa shape index (κ3) is 2.14. The number of H-pyrrole nitrogens is 1. The monoisotopic (exact) mass is 253 g/mol. The molecule has 0 radical (unpaired) electrons. The Labute approximate surface area is 111 Å². The Morgan fingerprint density at radius 2 is 2.00 bits per heavy atom. The molecular formula is C14H15N5. The average molecular weight is 253 g/mol. The Morgan fingerprint density at radius 3 is 2.79 bits per heavy atom. The van der Waals surface area contributed by atoms with Gasteiger partial charge in [0, 0.05) is 23.2 Å². The number of nitrogens with one attached hydrogen (secondary N) is 2. The van der Waals surface area contributed by atoms with Crippen molar-refractivity contribution in [3.05, 3.63) is 47.5 Å². The first-order valence-corrected chi connectivity index (χ1v) is 6.20. The van der Waals surface area contributed by atoms with Gasteiger partial charge in [-0.2, -0.15) is 5.10 Å². The van der Waals surface area contributed by atoms with Gasteiger partial charge in [-0.05, 0) is 26.0 Å². The van der Waals surface area contributed by atoms with Crippen molar-refractivity contribution in [3.8, 4) is 0 Å². The predicted molar refractivity (Wildman–Crippen MR) is 74.9 cm³/mol. The predicted octanol–water partition coefficient (Wildman–Crippen LogP) is 2.58. The van der Waals surface area contributed by atoms with Crippen LogP contribution in [0.3, 0.4) is 0 Å². The summed E-state index contributed by atoms with van der Waals surface area (Å²) in [6.45, 7) is 4.73. The number of nitrogens with zero attached hydrogens (tertiary/aromatic N) is 3. The summed E-state index contributed by atoms with van der Waals surface area (Å²) in [5, 5.41) is 11.6. The van der Waals surface area contributed by atoms with Gasteiger partial charge < -0.3 is 5.32 Å². The van der Waals surface area contributed by atoms with Crippen molar-refractivity contribution in [3.63, 3.8) is 0 Å². The molecule has 0 saturated heterocycles. The summed E-state index contributed by atoms with van der Waals surface area (Å²) in [6, 6.07) is 7.97. The number of rotatable bonds is 3. The van der Waals surface area contributed by atoms with Crippen LogP contribution in [0.25, 0.3) is 10.9 Å². The van der Waals surface area contributed by atoms with Crippen LogP contribution in [0.4, 0.5) is 5.82 Å². The van der Waals surface area contributed by atoms with Gasteiger partial charge in [0.05, 0.1) is 11.2 Å². The van der Waals surface area contributed by atoms with Gasteiger partial charge in [-0.25, -0.2) is 9.97 Å². The molecule has 0 saturated carbocycles. The summed E-state index contributed by atoms with van der Waals surface area (Å²) >= 11 is 0. The van der Waals surface area contributed by atoms with Crippen LogP contribution in [0, 0.1) is 13.8 Å². The molecule has 0 unspecified atom stereocenters. The molecular weight excluding hydrogens is 238 g/mol. The lowest BCUT2D eigenvalue weighted by molar-refractivity contribution is 1.02.